The van der Waals surface area contributed by atoms with Gasteiger partial charge >= 0.3 is 89.2 Å². The third kappa shape index (κ3) is 2.10. The van der Waals surface area contributed by atoms with Crippen LogP contribution in [0.5, 0.6) is 0 Å². The summed E-state index contributed by atoms with van der Waals surface area (Å²) in [5.41, 5.74) is 1.43. The molecule has 1 aliphatic rings. The minimum absolute atomic E-state index is 1.24. The molecule has 13 heavy (non-hydrogen) atoms. The summed E-state index contributed by atoms with van der Waals surface area (Å²) in [6, 6.07) is 8.68. The molecular weight excluding hydrogens is 153 g/mol. The normalized spacial score (nSPS) is 17.5. The fourth-order valence-electron chi connectivity index (χ4n) is 2.05. The zero-order chi connectivity index (χ0) is 9.10. The van der Waals surface area contributed by atoms with Crippen molar-refractivity contribution in [1.29, 1.82) is 0 Å². The Morgan fingerprint density at radius 1 is 1.00 bits per heavy atom. The molecule has 0 amide bonds. The molecule has 2 heteroatoms. The molecule has 0 atom stereocenters. The number of piperidine rings is 1. The van der Waals surface area contributed by atoms with Crippen LogP contribution in [0.15, 0.2) is 24.3 Å². The summed E-state index contributed by atoms with van der Waals surface area (Å²) >= 11 is 2.20. The summed E-state index contributed by atoms with van der Waals surface area (Å²) in [6.45, 7) is 2.48. The van der Waals surface area contributed by atoms with Crippen LogP contribution in [0.4, 0.5) is 5.69 Å². The number of nitrogens with zero attached hydrogens (tertiary/aromatic N) is 1. The van der Waals surface area contributed by atoms with Crippen molar-refractivity contribution in [2.75, 3.05) is 18.0 Å². The van der Waals surface area contributed by atoms with E-state index < -0.39 is 0 Å². The zero-order valence-corrected chi connectivity index (χ0v) is 8.29. The number of para-hydroxylation sites is 1. The van der Waals surface area contributed by atoms with Gasteiger partial charge in [0.05, 0.1) is 0 Å². The Labute approximate surface area is 89.3 Å². The van der Waals surface area contributed by atoms with Crippen LogP contribution in [0.3, 0.4) is 0 Å². The molecule has 0 bridgehead atoms. The van der Waals surface area contributed by atoms with Gasteiger partial charge in [-0.2, -0.15) is 0 Å². The van der Waals surface area contributed by atoms with Gasteiger partial charge < -0.3 is 0 Å². The average molecular weight is 167 g/mol. The Balaban J connectivity index is 2.18. The fourth-order valence-corrected chi connectivity index (χ4v) is 2.05. The topological polar surface area (TPSA) is 3.24 Å². The SMILES string of the molecule is [Li][c]1ccccc1N1CCCCC1. The molecule has 64 valence electrons. The van der Waals surface area contributed by atoms with E-state index in [0.717, 1.165) is 0 Å². The van der Waals surface area contributed by atoms with Gasteiger partial charge in [-0.05, 0) is 0 Å². The number of rotatable bonds is 1. The Hall–Kier alpha value is -0.383. The quantitative estimate of drug-likeness (QED) is 0.572. The zero-order valence-electron chi connectivity index (χ0n) is 8.29. The van der Waals surface area contributed by atoms with Crippen LogP contribution in [0.25, 0.3) is 0 Å². The van der Waals surface area contributed by atoms with Crippen molar-refractivity contribution < 1.29 is 0 Å². The number of benzene rings is 1. The Bertz CT molecular complexity index is 279. The van der Waals surface area contributed by atoms with Crippen LogP contribution in [0.1, 0.15) is 19.3 Å². The number of hydrogen-bond acceptors (Lipinski definition) is 1. The maximum absolute atomic E-state index is 2.51. The predicted molar refractivity (Wildman–Crippen MR) is 57.9 cm³/mol. The minimum atomic E-state index is 1.24. The molecule has 0 spiro atoms. The molecule has 0 unspecified atom stereocenters. The molecule has 1 aliphatic heterocycles. The van der Waals surface area contributed by atoms with Crippen LogP contribution < -0.4 is 9.14 Å². The fraction of sp³-hybridized carbons (Fsp3) is 0.455. The Morgan fingerprint density at radius 3 is 2.38 bits per heavy atom. The summed E-state index contributed by atoms with van der Waals surface area (Å²) in [4.78, 5) is 2.51. The van der Waals surface area contributed by atoms with Gasteiger partial charge in [-0.3, -0.25) is 0 Å². The van der Waals surface area contributed by atoms with E-state index in [2.05, 4.69) is 46.9 Å². The second-order valence-electron chi connectivity index (χ2n) is 3.83. The summed E-state index contributed by atoms with van der Waals surface area (Å²) in [5, 5.41) is 0. The van der Waals surface area contributed by atoms with Gasteiger partial charge in [-0.25, -0.2) is 0 Å². The van der Waals surface area contributed by atoms with Crippen LogP contribution in [0, 0.1) is 0 Å². The van der Waals surface area contributed by atoms with E-state index in [4.69, 9.17) is 0 Å². The van der Waals surface area contributed by atoms with Gasteiger partial charge in [-0.15, -0.1) is 0 Å². The van der Waals surface area contributed by atoms with E-state index in [-0.39, 0.29) is 0 Å². The molecule has 1 nitrogen and oxygen atoms in total. The summed E-state index contributed by atoms with van der Waals surface area (Å²) in [5.74, 6) is 0. The molecule has 1 aromatic carbocycles. The van der Waals surface area contributed by atoms with Crippen LogP contribution in [-0.2, 0) is 0 Å². The van der Waals surface area contributed by atoms with Gasteiger partial charge in [0.25, 0.3) is 0 Å². The molecule has 0 saturated carbocycles. The molecule has 1 saturated heterocycles. The predicted octanol–water partition coefficient (Wildman–Crippen LogP) is 1.47. The Kier molecular flexibility index (Phi) is 2.98. The van der Waals surface area contributed by atoms with Crippen LogP contribution in [-0.4, -0.2) is 30.8 Å². The van der Waals surface area contributed by atoms with E-state index in [9.17, 15) is 0 Å². The number of hydrogen-bond donors (Lipinski definition) is 0. The van der Waals surface area contributed by atoms with Crippen molar-refractivity contribution in [2.24, 2.45) is 0 Å². The van der Waals surface area contributed by atoms with E-state index >= 15 is 0 Å². The van der Waals surface area contributed by atoms with Gasteiger partial charge in [0.1, 0.15) is 0 Å². The van der Waals surface area contributed by atoms with Crippen LogP contribution in [0.2, 0.25) is 0 Å². The standard InChI is InChI=1S/C11H14N.Li/c1-3-7-11(8-4-1)12-9-5-2-6-10-12;/h1,3-4,7H,2,5-6,9-10H2;. The molecule has 2 rings (SSSR count). The molecule has 0 aromatic heterocycles. The van der Waals surface area contributed by atoms with E-state index in [1.165, 1.54) is 42.3 Å². The van der Waals surface area contributed by atoms with Crippen molar-refractivity contribution in [1.82, 2.24) is 0 Å². The monoisotopic (exact) mass is 167 g/mol. The summed E-state index contributed by atoms with van der Waals surface area (Å²) in [6.07, 6.45) is 4.12. The summed E-state index contributed by atoms with van der Waals surface area (Å²) < 4.78 is 1.41. The second-order valence-corrected chi connectivity index (χ2v) is 3.83. The first-order valence-electron chi connectivity index (χ1n) is 5.18. The van der Waals surface area contributed by atoms with E-state index in [0.29, 0.717) is 0 Å². The van der Waals surface area contributed by atoms with Gasteiger partial charge in [0, 0.05) is 0 Å². The van der Waals surface area contributed by atoms with Crippen molar-refractivity contribution >= 4 is 27.6 Å². The maximum atomic E-state index is 2.51. The van der Waals surface area contributed by atoms with Gasteiger partial charge in [-0.1, -0.05) is 0 Å². The van der Waals surface area contributed by atoms with Crippen molar-refractivity contribution in [3.8, 4) is 0 Å². The van der Waals surface area contributed by atoms with Crippen LogP contribution >= 0.6 is 0 Å². The second kappa shape index (κ2) is 4.22. The van der Waals surface area contributed by atoms with Crippen molar-refractivity contribution in [2.45, 2.75) is 19.3 Å². The first kappa shape index (κ1) is 9.18. The van der Waals surface area contributed by atoms with Gasteiger partial charge in [0.15, 0.2) is 0 Å². The molecule has 0 N–H and O–H groups in total. The first-order valence-corrected chi connectivity index (χ1v) is 5.18. The molecule has 1 heterocycles. The summed E-state index contributed by atoms with van der Waals surface area (Å²) in [7, 11) is 0. The van der Waals surface area contributed by atoms with Crippen molar-refractivity contribution in [3.05, 3.63) is 24.3 Å². The number of anilines is 1. The first-order chi connectivity index (χ1) is 6.38. The van der Waals surface area contributed by atoms with E-state index in [1.807, 2.05) is 0 Å². The Morgan fingerprint density at radius 2 is 1.69 bits per heavy atom. The molecule has 0 radical (unpaired) electrons. The van der Waals surface area contributed by atoms with Crippen molar-refractivity contribution in [3.63, 3.8) is 0 Å². The average Bonchev–Trinajstić information content (AvgIpc) is 2.20. The molecular formula is C11H14LiN. The molecule has 0 aliphatic carbocycles. The third-order valence-electron chi connectivity index (χ3n) is 2.81. The van der Waals surface area contributed by atoms with Gasteiger partial charge in [0.2, 0.25) is 0 Å². The van der Waals surface area contributed by atoms with E-state index in [1.54, 1.807) is 0 Å². The molecule has 1 fully saturated rings. The third-order valence-corrected chi connectivity index (χ3v) is 2.81. The molecule has 1 aromatic rings.